The Morgan fingerprint density at radius 1 is 1.29 bits per heavy atom. The second-order valence-electron chi connectivity index (χ2n) is 3.90. The van der Waals surface area contributed by atoms with Crippen LogP contribution in [-0.2, 0) is 9.53 Å². The molecule has 0 radical (unpaired) electrons. The van der Waals surface area contributed by atoms with Crippen LogP contribution in [0.1, 0.15) is 30.6 Å². The van der Waals surface area contributed by atoms with Gasteiger partial charge in [0.15, 0.2) is 5.78 Å². The summed E-state index contributed by atoms with van der Waals surface area (Å²) in [5.41, 5.74) is 6.71. The first kappa shape index (κ1) is 13.2. The van der Waals surface area contributed by atoms with E-state index in [1.807, 2.05) is 0 Å². The first-order valence-corrected chi connectivity index (χ1v) is 5.60. The molecule has 1 atom stereocenters. The smallest absolute Gasteiger partial charge is 0.306 e. The lowest BCUT2D eigenvalue weighted by atomic mass is 9.96. The van der Waals surface area contributed by atoms with E-state index >= 15 is 0 Å². The number of benzene rings is 1. The van der Waals surface area contributed by atoms with Gasteiger partial charge in [-0.2, -0.15) is 0 Å². The standard InChI is InChI=1S/C13H17NO3/c1-3-17-12(15)8-9(2)13(16)10-4-6-11(14)7-5-10/h4-7,9H,3,8,14H2,1-2H3/t9-/m1/s1. The Bertz CT molecular complexity index is 398. The summed E-state index contributed by atoms with van der Waals surface area (Å²) in [5, 5.41) is 0. The highest BCUT2D eigenvalue weighted by Gasteiger charge is 2.19. The Hall–Kier alpha value is -1.84. The molecule has 0 saturated carbocycles. The molecule has 0 heterocycles. The Morgan fingerprint density at radius 3 is 2.41 bits per heavy atom. The summed E-state index contributed by atoms with van der Waals surface area (Å²) in [7, 11) is 0. The largest absolute Gasteiger partial charge is 0.466 e. The van der Waals surface area contributed by atoms with Crippen molar-refractivity contribution < 1.29 is 14.3 Å². The highest BCUT2D eigenvalue weighted by molar-refractivity contribution is 5.99. The topological polar surface area (TPSA) is 69.4 Å². The third kappa shape index (κ3) is 3.90. The van der Waals surface area contributed by atoms with Gasteiger partial charge in [-0.3, -0.25) is 9.59 Å². The number of ether oxygens (including phenoxy) is 1. The predicted octanol–water partition coefficient (Wildman–Crippen LogP) is 2.04. The van der Waals surface area contributed by atoms with Crippen LogP contribution in [-0.4, -0.2) is 18.4 Å². The van der Waals surface area contributed by atoms with Crippen molar-refractivity contribution in [2.24, 2.45) is 5.92 Å². The van der Waals surface area contributed by atoms with Gasteiger partial charge in [0.2, 0.25) is 0 Å². The number of rotatable bonds is 5. The van der Waals surface area contributed by atoms with E-state index in [0.29, 0.717) is 17.9 Å². The van der Waals surface area contributed by atoms with Crippen LogP contribution in [0.15, 0.2) is 24.3 Å². The molecule has 0 aromatic heterocycles. The maximum absolute atomic E-state index is 11.9. The minimum atomic E-state index is -0.377. The molecule has 1 rings (SSSR count). The van der Waals surface area contributed by atoms with Gasteiger partial charge in [0, 0.05) is 17.2 Å². The Balaban J connectivity index is 2.63. The fourth-order valence-corrected chi connectivity index (χ4v) is 1.49. The second kappa shape index (κ2) is 6.03. The highest BCUT2D eigenvalue weighted by atomic mass is 16.5. The van der Waals surface area contributed by atoms with E-state index in [0.717, 1.165) is 0 Å². The van der Waals surface area contributed by atoms with Crippen LogP contribution in [0.25, 0.3) is 0 Å². The van der Waals surface area contributed by atoms with Crippen LogP contribution in [0.2, 0.25) is 0 Å². The van der Waals surface area contributed by atoms with Gasteiger partial charge in [-0.25, -0.2) is 0 Å². The molecule has 17 heavy (non-hydrogen) atoms. The van der Waals surface area contributed by atoms with Gasteiger partial charge >= 0.3 is 5.97 Å². The molecule has 1 aromatic carbocycles. The number of carbonyl (C=O) groups excluding carboxylic acids is 2. The Labute approximate surface area is 101 Å². The number of hydrogen-bond donors (Lipinski definition) is 1. The normalized spacial score (nSPS) is 11.9. The van der Waals surface area contributed by atoms with Gasteiger partial charge in [-0.1, -0.05) is 6.92 Å². The first-order chi connectivity index (χ1) is 8.04. The van der Waals surface area contributed by atoms with Gasteiger partial charge < -0.3 is 10.5 Å². The summed E-state index contributed by atoms with van der Waals surface area (Å²) in [6.45, 7) is 3.79. The van der Waals surface area contributed by atoms with Crippen molar-refractivity contribution in [3.8, 4) is 0 Å². The molecule has 0 aliphatic rings. The minimum absolute atomic E-state index is 0.0712. The third-order valence-electron chi connectivity index (χ3n) is 2.42. The van der Waals surface area contributed by atoms with Crippen molar-refractivity contribution in [3.63, 3.8) is 0 Å². The van der Waals surface area contributed by atoms with Crippen LogP contribution in [0.3, 0.4) is 0 Å². The van der Waals surface area contributed by atoms with E-state index in [1.165, 1.54) is 0 Å². The quantitative estimate of drug-likeness (QED) is 0.481. The molecule has 92 valence electrons. The van der Waals surface area contributed by atoms with Gasteiger partial charge in [-0.05, 0) is 31.2 Å². The molecule has 0 aliphatic carbocycles. The number of carbonyl (C=O) groups is 2. The predicted molar refractivity (Wildman–Crippen MR) is 65.6 cm³/mol. The molecule has 0 fully saturated rings. The lowest BCUT2D eigenvalue weighted by Crippen LogP contribution is -2.17. The van der Waals surface area contributed by atoms with E-state index < -0.39 is 0 Å². The van der Waals surface area contributed by atoms with Crippen LogP contribution in [0.5, 0.6) is 0 Å². The van der Waals surface area contributed by atoms with E-state index in [1.54, 1.807) is 38.1 Å². The fourth-order valence-electron chi connectivity index (χ4n) is 1.49. The van der Waals surface area contributed by atoms with Gasteiger partial charge in [0.05, 0.1) is 13.0 Å². The first-order valence-electron chi connectivity index (χ1n) is 5.60. The molecule has 0 spiro atoms. The summed E-state index contributed by atoms with van der Waals surface area (Å²) in [5.74, 6) is -0.792. The van der Waals surface area contributed by atoms with Crippen LogP contribution >= 0.6 is 0 Å². The van der Waals surface area contributed by atoms with E-state index in [9.17, 15) is 9.59 Å². The average molecular weight is 235 g/mol. The van der Waals surface area contributed by atoms with Crippen molar-refractivity contribution in [2.75, 3.05) is 12.3 Å². The zero-order chi connectivity index (χ0) is 12.8. The average Bonchev–Trinajstić information content (AvgIpc) is 2.29. The molecule has 4 heteroatoms. The lowest BCUT2D eigenvalue weighted by Gasteiger charge is -2.09. The molecule has 1 aromatic rings. The summed E-state index contributed by atoms with van der Waals surface area (Å²) in [4.78, 5) is 23.2. The Kier molecular flexibility index (Phi) is 4.69. The summed E-state index contributed by atoms with van der Waals surface area (Å²) >= 11 is 0. The molecule has 4 nitrogen and oxygen atoms in total. The number of ketones is 1. The molecule has 0 amide bonds. The molecule has 2 N–H and O–H groups in total. The SMILES string of the molecule is CCOC(=O)C[C@@H](C)C(=O)c1ccc(N)cc1. The molecule has 0 saturated heterocycles. The van der Waals surface area contributed by atoms with Gasteiger partial charge in [-0.15, -0.1) is 0 Å². The van der Waals surface area contributed by atoms with Crippen LogP contribution < -0.4 is 5.73 Å². The van der Waals surface area contributed by atoms with Crippen molar-refractivity contribution >= 4 is 17.4 Å². The second-order valence-corrected chi connectivity index (χ2v) is 3.90. The summed E-state index contributed by atoms with van der Waals surface area (Å²) in [6.07, 6.45) is 0.108. The van der Waals surface area contributed by atoms with Crippen molar-refractivity contribution in [2.45, 2.75) is 20.3 Å². The fraction of sp³-hybridized carbons (Fsp3) is 0.385. The Morgan fingerprint density at radius 2 is 1.88 bits per heavy atom. The van der Waals surface area contributed by atoms with Crippen LogP contribution in [0.4, 0.5) is 5.69 Å². The summed E-state index contributed by atoms with van der Waals surface area (Å²) in [6, 6.07) is 6.67. The third-order valence-corrected chi connectivity index (χ3v) is 2.42. The molecule has 0 aliphatic heterocycles. The van der Waals surface area contributed by atoms with Gasteiger partial charge in [0.1, 0.15) is 0 Å². The van der Waals surface area contributed by atoms with Gasteiger partial charge in [0.25, 0.3) is 0 Å². The number of nitrogen functional groups attached to an aromatic ring is 1. The number of hydrogen-bond acceptors (Lipinski definition) is 4. The van der Waals surface area contributed by atoms with E-state index in [4.69, 9.17) is 10.5 Å². The zero-order valence-corrected chi connectivity index (χ0v) is 10.1. The number of nitrogens with two attached hydrogens (primary N) is 1. The van der Waals surface area contributed by atoms with E-state index in [-0.39, 0.29) is 24.1 Å². The van der Waals surface area contributed by atoms with Crippen molar-refractivity contribution in [1.82, 2.24) is 0 Å². The number of Topliss-reactive ketones (excluding diaryl/α,β-unsaturated/α-hetero) is 1. The highest BCUT2D eigenvalue weighted by Crippen LogP contribution is 2.14. The maximum atomic E-state index is 11.9. The van der Waals surface area contributed by atoms with Crippen molar-refractivity contribution in [3.05, 3.63) is 29.8 Å². The van der Waals surface area contributed by atoms with Crippen LogP contribution in [0, 0.1) is 5.92 Å². The minimum Gasteiger partial charge on any atom is -0.466 e. The summed E-state index contributed by atoms with van der Waals surface area (Å²) < 4.78 is 4.81. The monoisotopic (exact) mass is 235 g/mol. The number of anilines is 1. The maximum Gasteiger partial charge on any atom is 0.306 e. The molecule has 0 unspecified atom stereocenters. The van der Waals surface area contributed by atoms with E-state index in [2.05, 4.69) is 0 Å². The molecular weight excluding hydrogens is 218 g/mol. The molecule has 0 bridgehead atoms. The number of esters is 1. The van der Waals surface area contributed by atoms with Crippen molar-refractivity contribution in [1.29, 1.82) is 0 Å². The zero-order valence-electron chi connectivity index (χ0n) is 10.1. The molecular formula is C13H17NO3. The lowest BCUT2D eigenvalue weighted by molar-refractivity contribution is -0.143.